The zero-order valence-electron chi connectivity index (χ0n) is 12.4. The Morgan fingerprint density at radius 2 is 1.60 bits per heavy atom. The van der Waals surface area contributed by atoms with Crippen molar-refractivity contribution in [1.29, 1.82) is 0 Å². The fourth-order valence-corrected chi connectivity index (χ4v) is 2.25. The van der Waals surface area contributed by atoms with Gasteiger partial charge in [0.05, 0.1) is 0 Å². The van der Waals surface area contributed by atoms with Crippen LogP contribution < -0.4 is 5.32 Å². The molecule has 0 unspecified atom stereocenters. The molecule has 0 aliphatic carbocycles. The molecule has 0 fully saturated rings. The van der Waals surface area contributed by atoms with E-state index in [0.717, 1.165) is 25.1 Å². The predicted molar refractivity (Wildman–Crippen MR) is 86.7 cm³/mol. The second kappa shape index (κ2) is 6.95. The van der Waals surface area contributed by atoms with E-state index in [1.807, 2.05) is 6.92 Å². The van der Waals surface area contributed by atoms with Crippen molar-refractivity contribution in [3.63, 3.8) is 0 Å². The first-order valence-corrected chi connectivity index (χ1v) is 7.17. The number of allylic oxidation sites excluding steroid dienone is 1. The summed E-state index contributed by atoms with van der Waals surface area (Å²) >= 11 is 0. The highest BCUT2D eigenvalue weighted by atomic mass is 14.9. The van der Waals surface area contributed by atoms with Gasteiger partial charge in [-0.3, -0.25) is 0 Å². The maximum Gasteiger partial charge on any atom is 0.0400 e. The summed E-state index contributed by atoms with van der Waals surface area (Å²) in [4.78, 5) is 0. The first-order valence-electron chi connectivity index (χ1n) is 7.17. The smallest absolute Gasteiger partial charge is 0.0400 e. The summed E-state index contributed by atoms with van der Waals surface area (Å²) in [6.07, 6.45) is 2.17. The van der Waals surface area contributed by atoms with Crippen molar-refractivity contribution >= 4 is 0 Å². The summed E-state index contributed by atoms with van der Waals surface area (Å²) in [7, 11) is 0. The van der Waals surface area contributed by atoms with Crippen LogP contribution >= 0.6 is 0 Å². The molecular formula is C19H23N. The van der Waals surface area contributed by atoms with Crippen molar-refractivity contribution in [1.82, 2.24) is 5.32 Å². The average Bonchev–Trinajstić information content (AvgIpc) is 2.45. The maximum atomic E-state index is 3.89. The summed E-state index contributed by atoms with van der Waals surface area (Å²) in [6.45, 7) is 8.87. The molecule has 104 valence electrons. The summed E-state index contributed by atoms with van der Waals surface area (Å²) in [6, 6.07) is 17.5. The third-order valence-electron chi connectivity index (χ3n) is 3.50. The van der Waals surface area contributed by atoms with E-state index in [1.165, 1.54) is 22.3 Å². The molecule has 0 saturated heterocycles. The van der Waals surface area contributed by atoms with Crippen molar-refractivity contribution in [2.24, 2.45) is 0 Å². The minimum atomic E-state index is 0.861. The zero-order valence-corrected chi connectivity index (χ0v) is 12.4. The third-order valence-corrected chi connectivity index (χ3v) is 3.50. The molecule has 0 atom stereocenters. The van der Waals surface area contributed by atoms with Crippen molar-refractivity contribution in [3.05, 3.63) is 83.1 Å². The van der Waals surface area contributed by atoms with Gasteiger partial charge in [-0.1, -0.05) is 60.7 Å². The van der Waals surface area contributed by atoms with Gasteiger partial charge in [0.2, 0.25) is 0 Å². The number of benzene rings is 2. The van der Waals surface area contributed by atoms with Gasteiger partial charge >= 0.3 is 0 Å². The normalized spacial score (nSPS) is 10.3. The van der Waals surface area contributed by atoms with Crippen LogP contribution in [0.5, 0.6) is 0 Å². The van der Waals surface area contributed by atoms with Crippen LogP contribution in [0.4, 0.5) is 0 Å². The number of rotatable bonds is 6. The van der Waals surface area contributed by atoms with Crippen molar-refractivity contribution in [3.8, 4) is 0 Å². The molecule has 0 aromatic heterocycles. The first kappa shape index (κ1) is 14.4. The molecule has 1 nitrogen and oxygen atoms in total. The van der Waals surface area contributed by atoms with Crippen LogP contribution in [0.3, 0.4) is 0 Å². The fourth-order valence-electron chi connectivity index (χ4n) is 2.25. The van der Waals surface area contributed by atoms with Crippen LogP contribution in [0, 0.1) is 6.92 Å². The molecule has 0 saturated carbocycles. The van der Waals surface area contributed by atoms with Gasteiger partial charge in [-0.25, -0.2) is 0 Å². The Kier molecular flexibility index (Phi) is 5.00. The van der Waals surface area contributed by atoms with E-state index in [4.69, 9.17) is 0 Å². The molecule has 0 heterocycles. The summed E-state index contributed by atoms with van der Waals surface area (Å²) in [5, 5.41) is 3.31. The molecule has 1 heteroatoms. The Balaban J connectivity index is 2.01. The Morgan fingerprint density at radius 3 is 2.25 bits per heavy atom. The quantitative estimate of drug-likeness (QED) is 0.816. The number of hydrogen-bond donors (Lipinski definition) is 1. The molecule has 0 bridgehead atoms. The minimum Gasteiger partial charge on any atom is -0.385 e. The number of nitrogens with one attached hydrogen (secondary N) is 1. The Labute approximate surface area is 122 Å². The number of hydrogen-bond acceptors (Lipinski definition) is 1. The van der Waals surface area contributed by atoms with Gasteiger partial charge in [0.15, 0.2) is 0 Å². The van der Waals surface area contributed by atoms with Crippen LogP contribution in [-0.4, -0.2) is 0 Å². The largest absolute Gasteiger partial charge is 0.385 e. The SMILES string of the molecule is C=C(C)NCc1ccccc1CCc1ccc(C)cc1. The second-order valence-electron chi connectivity index (χ2n) is 5.39. The van der Waals surface area contributed by atoms with Gasteiger partial charge in [-0.15, -0.1) is 0 Å². The molecule has 2 aromatic carbocycles. The Morgan fingerprint density at radius 1 is 0.950 bits per heavy atom. The average molecular weight is 265 g/mol. The molecule has 1 N–H and O–H groups in total. The summed E-state index contributed by atoms with van der Waals surface area (Å²) in [5.74, 6) is 0. The molecule has 0 aliphatic rings. The molecule has 0 radical (unpaired) electrons. The molecule has 2 rings (SSSR count). The molecule has 0 spiro atoms. The molecule has 0 amide bonds. The van der Waals surface area contributed by atoms with Gasteiger partial charge < -0.3 is 5.32 Å². The molecule has 0 aliphatic heterocycles. The van der Waals surface area contributed by atoms with E-state index in [-0.39, 0.29) is 0 Å². The van der Waals surface area contributed by atoms with Crippen molar-refractivity contribution in [2.75, 3.05) is 0 Å². The van der Waals surface area contributed by atoms with Gasteiger partial charge in [0, 0.05) is 12.2 Å². The lowest BCUT2D eigenvalue weighted by atomic mass is 9.99. The lowest BCUT2D eigenvalue weighted by Crippen LogP contribution is -2.11. The van der Waals surface area contributed by atoms with Crippen LogP contribution in [0.15, 0.2) is 60.8 Å². The van der Waals surface area contributed by atoms with Crippen LogP contribution in [0.1, 0.15) is 29.2 Å². The first-order chi connectivity index (χ1) is 9.65. The van der Waals surface area contributed by atoms with Crippen LogP contribution in [0.25, 0.3) is 0 Å². The van der Waals surface area contributed by atoms with Crippen molar-refractivity contribution < 1.29 is 0 Å². The Bertz CT molecular complexity index is 567. The molecular weight excluding hydrogens is 242 g/mol. The monoisotopic (exact) mass is 265 g/mol. The summed E-state index contributed by atoms with van der Waals surface area (Å²) in [5.41, 5.74) is 6.51. The topological polar surface area (TPSA) is 12.0 Å². The molecule has 20 heavy (non-hydrogen) atoms. The number of aryl methyl sites for hydroxylation is 3. The summed E-state index contributed by atoms with van der Waals surface area (Å²) < 4.78 is 0. The second-order valence-corrected chi connectivity index (χ2v) is 5.39. The van der Waals surface area contributed by atoms with Gasteiger partial charge in [-0.2, -0.15) is 0 Å². The van der Waals surface area contributed by atoms with E-state index in [0.29, 0.717) is 0 Å². The Hall–Kier alpha value is -2.02. The standard InChI is InChI=1S/C19H23N/c1-15(2)20-14-19-7-5-4-6-18(19)13-12-17-10-8-16(3)9-11-17/h4-11,20H,1,12-14H2,2-3H3. The van der Waals surface area contributed by atoms with Gasteiger partial charge in [-0.05, 0) is 43.4 Å². The lowest BCUT2D eigenvalue weighted by Gasteiger charge is -2.11. The third kappa shape index (κ3) is 4.27. The van der Waals surface area contributed by atoms with Crippen molar-refractivity contribution in [2.45, 2.75) is 33.2 Å². The predicted octanol–water partition coefficient (Wildman–Crippen LogP) is 4.40. The zero-order chi connectivity index (χ0) is 14.4. The van der Waals surface area contributed by atoms with E-state index >= 15 is 0 Å². The minimum absolute atomic E-state index is 0.861. The highest BCUT2D eigenvalue weighted by Gasteiger charge is 2.02. The lowest BCUT2D eigenvalue weighted by molar-refractivity contribution is 0.797. The van der Waals surface area contributed by atoms with Gasteiger partial charge in [0.1, 0.15) is 0 Å². The van der Waals surface area contributed by atoms with Crippen LogP contribution in [0.2, 0.25) is 0 Å². The van der Waals surface area contributed by atoms with E-state index in [9.17, 15) is 0 Å². The van der Waals surface area contributed by atoms with Crippen LogP contribution in [-0.2, 0) is 19.4 Å². The van der Waals surface area contributed by atoms with Gasteiger partial charge in [0.25, 0.3) is 0 Å². The van der Waals surface area contributed by atoms with E-state index in [2.05, 4.69) is 67.4 Å². The van der Waals surface area contributed by atoms with E-state index < -0.39 is 0 Å². The highest BCUT2D eigenvalue weighted by molar-refractivity contribution is 5.29. The highest BCUT2D eigenvalue weighted by Crippen LogP contribution is 2.13. The fraction of sp³-hybridized carbons (Fsp3) is 0.263. The maximum absolute atomic E-state index is 3.89. The van der Waals surface area contributed by atoms with E-state index in [1.54, 1.807) is 0 Å². The molecule has 2 aromatic rings.